The molecule has 2 saturated heterocycles. The lowest BCUT2D eigenvalue weighted by Gasteiger charge is -2.32. The van der Waals surface area contributed by atoms with Crippen LogP contribution in [0.4, 0.5) is 21.0 Å². The molecule has 4 rings (SSSR count). The third-order valence-electron chi connectivity index (χ3n) is 6.36. The Hall–Kier alpha value is -3.18. The van der Waals surface area contributed by atoms with E-state index < -0.39 is 0 Å². The van der Waals surface area contributed by atoms with Gasteiger partial charge in [0.1, 0.15) is 0 Å². The number of benzene rings is 2. The molecule has 2 aliphatic rings. The van der Waals surface area contributed by atoms with E-state index in [1.807, 2.05) is 58.5 Å². The van der Waals surface area contributed by atoms with Crippen LogP contribution in [0.3, 0.4) is 0 Å². The van der Waals surface area contributed by atoms with Crippen LogP contribution in [0, 0.1) is 0 Å². The molecule has 4 N–H and O–H groups in total. The first-order chi connectivity index (χ1) is 16.9. The molecule has 35 heavy (non-hydrogen) atoms. The molecule has 4 amide bonds. The summed E-state index contributed by atoms with van der Waals surface area (Å²) in [6.45, 7) is 7.03. The Morgan fingerprint density at radius 2 is 0.943 bits per heavy atom. The molecular weight excluding hydrogens is 444 g/mol. The summed E-state index contributed by atoms with van der Waals surface area (Å²) < 4.78 is 0. The number of hydrazine groups is 2. The first-order valence-corrected chi connectivity index (χ1v) is 12.1. The molecule has 0 spiro atoms. The molecule has 2 aliphatic heterocycles. The van der Waals surface area contributed by atoms with Gasteiger partial charge in [-0.25, -0.2) is 19.6 Å². The van der Waals surface area contributed by atoms with Crippen molar-refractivity contribution < 1.29 is 9.59 Å². The lowest BCUT2D eigenvalue weighted by Crippen LogP contribution is -2.53. The highest BCUT2D eigenvalue weighted by molar-refractivity contribution is 5.89. The predicted molar refractivity (Wildman–Crippen MR) is 138 cm³/mol. The van der Waals surface area contributed by atoms with E-state index >= 15 is 0 Å². The molecule has 0 bridgehead atoms. The molecule has 0 unspecified atom stereocenters. The summed E-state index contributed by atoms with van der Waals surface area (Å²) >= 11 is 0. The number of carbonyl (C=O) groups excluding carboxylic acids is 2. The highest BCUT2D eigenvalue weighted by Crippen LogP contribution is 2.16. The van der Waals surface area contributed by atoms with Gasteiger partial charge in [-0.15, -0.1) is 0 Å². The number of nitrogens with zero attached hydrogens (tertiary/aromatic N) is 4. The summed E-state index contributed by atoms with van der Waals surface area (Å²) in [5, 5.41) is 9.67. The van der Waals surface area contributed by atoms with Crippen molar-refractivity contribution in [1.29, 1.82) is 0 Å². The zero-order valence-corrected chi connectivity index (χ0v) is 20.6. The first-order valence-electron chi connectivity index (χ1n) is 12.1. The van der Waals surface area contributed by atoms with Crippen molar-refractivity contribution in [2.75, 3.05) is 77.1 Å². The van der Waals surface area contributed by atoms with E-state index in [-0.39, 0.29) is 12.1 Å². The lowest BCUT2D eigenvalue weighted by molar-refractivity contribution is 0.116. The van der Waals surface area contributed by atoms with Gasteiger partial charge in [-0.2, -0.15) is 0 Å². The van der Waals surface area contributed by atoms with E-state index in [0.717, 1.165) is 81.3 Å². The minimum atomic E-state index is -0.220. The summed E-state index contributed by atoms with van der Waals surface area (Å²) in [6, 6.07) is 15.3. The van der Waals surface area contributed by atoms with Crippen LogP contribution in [-0.4, -0.2) is 98.3 Å². The number of anilines is 2. The number of piperazine rings is 2. The molecule has 0 radical (unpaired) electrons. The quantitative estimate of drug-likeness (QED) is 0.504. The number of likely N-dealkylation sites (N-methyl/N-ethyl adjacent to an activating group) is 2. The van der Waals surface area contributed by atoms with E-state index in [1.54, 1.807) is 0 Å². The summed E-state index contributed by atoms with van der Waals surface area (Å²) in [7, 11) is 4.16. The van der Waals surface area contributed by atoms with Crippen molar-refractivity contribution in [3.63, 3.8) is 0 Å². The molecule has 10 heteroatoms. The Morgan fingerprint density at radius 3 is 1.29 bits per heavy atom. The molecule has 0 aromatic heterocycles. The van der Waals surface area contributed by atoms with Gasteiger partial charge in [0.2, 0.25) is 0 Å². The minimum absolute atomic E-state index is 0.220. The van der Waals surface area contributed by atoms with Gasteiger partial charge in [0.05, 0.1) is 0 Å². The zero-order chi connectivity index (χ0) is 24.6. The molecule has 0 aliphatic carbocycles. The fourth-order valence-corrected chi connectivity index (χ4v) is 4.09. The van der Waals surface area contributed by atoms with E-state index in [2.05, 4.69) is 45.4 Å². The second-order valence-corrected chi connectivity index (χ2v) is 9.28. The molecule has 2 aromatic carbocycles. The minimum Gasteiger partial charge on any atom is -0.307 e. The number of amides is 4. The maximum absolute atomic E-state index is 12.3. The Labute approximate surface area is 207 Å². The van der Waals surface area contributed by atoms with Crippen LogP contribution in [-0.2, 0) is 6.42 Å². The molecule has 10 nitrogen and oxygen atoms in total. The number of carbonyl (C=O) groups is 2. The smallest absolute Gasteiger partial charge is 0.307 e. The topological polar surface area (TPSA) is 95.2 Å². The molecule has 2 aromatic rings. The van der Waals surface area contributed by atoms with Crippen molar-refractivity contribution in [3.05, 3.63) is 59.7 Å². The summed E-state index contributed by atoms with van der Waals surface area (Å²) in [5.74, 6) is 0. The van der Waals surface area contributed by atoms with Gasteiger partial charge in [-0.3, -0.25) is 10.9 Å². The van der Waals surface area contributed by atoms with Crippen LogP contribution in [0.15, 0.2) is 48.5 Å². The third kappa shape index (κ3) is 7.93. The second-order valence-electron chi connectivity index (χ2n) is 9.28. The number of nitrogens with one attached hydrogen (secondary N) is 4. The van der Waals surface area contributed by atoms with Crippen molar-refractivity contribution in [3.8, 4) is 0 Å². The van der Waals surface area contributed by atoms with Crippen LogP contribution >= 0.6 is 0 Å². The molecule has 2 heterocycles. The predicted octanol–water partition coefficient (Wildman–Crippen LogP) is 1.85. The third-order valence-corrected chi connectivity index (χ3v) is 6.36. The van der Waals surface area contributed by atoms with Gasteiger partial charge in [0, 0.05) is 63.7 Å². The highest BCUT2D eigenvalue weighted by atomic mass is 16.2. The van der Waals surface area contributed by atoms with Gasteiger partial charge in [0.25, 0.3) is 0 Å². The van der Waals surface area contributed by atoms with E-state index in [4.69, 9.17) is 0 Å². The highest BCUT2D eigenvalue weighted by Gasteiger charge is 2.16. The van der Waals surface area contributed by atoms with Crippen LogP contribution in [0.5, 0.6) is 0 Å². The number of hydrogen-bond donors (Lipinski definition) is 4. The van der Waals surface area contributed by atoms with Crippen molar-refractivity contribution >= 4 is 23.4 Å². The standard InChI is InChI=1S/C25H36N8O2/c1-30-11-15-32(16-12-30)28-24(34)26-22-7-3-20(4-8-22)19-21-5-9-23(10-6-21)27-25(35)29-33-17-13-31(2)14-18-33/h3-10H,11-19H2,1-2H3,(H2,26,28,34)(H2,27,29,35). The largest absolute Gasteiger partial charge is 0.333 e. The summed E-state index contributed by atoms with van der Waals surface area (Å²) in [4.78, 5) is 29.0. The molecule has 0 atom stereocenters. The van der Waals surface area contributed by atoms with E-state index in [9.17, 15) is 9.59 Å². The average Bonchev–Trinajstić information content (AvgIpc) is 2.84. The number of urea groups is 2. The SMILES string of the molecule is CN1CCN(NC(=O)Nc2ccc(Cc3ccc(NC(=O)NN4CCN(C)CC4)cc3)cc2)CC1. The maximum atomic E-state index is 12.3. The maximum Gasteiger partial charge on any atom is 0.333 e. The van der Waals surface area contributed by atoms with Crippen molar-refractivity contribution in [2.24, 2.45) is 0 Å². The Balaban J connectivity index is 1.20. The van der Waals surface area contributed by atoms with Crippen LogP contribution in [0.25, 0.3) is 0 Å². The van der Waals surface area contributed by atoms with E-state index in [0.29, 0.717) is 0 Å². The van der Waals surface area contributed by atoms with Crippen molar-refractivity contribution in [1.82, 2.24) is 30.7 Å². The molecular formula is C25H36N8O2. The Morgan fingerprint density at radius 1 is 0.600 bits per heavy atom. The van der Waals surface area contributed by atoms with Gasteiger partial charge >= 0.3 is 12.1 Å². The second kappa shape index (κ2) is 12.0. The van der Waals surface area contributed by atoms with Gasteiger partial charge in [-0.05, 0) is 55.9 Å². The van der Waals surface area contributed by atoms with Crippen LogP contribution in [0.1, 0.15) is 11.1 Å². The molecule has 0 saturated carbocycles. The summed E-state index contributed by atoms with van der Waals surface area (Å²) in [6.07, 6.45) is 0.765. The number of hydrogen-bond acceptors (Lipinski definition) is 6. The average molecular weight is 481 g/mol. The van der Waals surface area contributed by atoms with Crippen LogP contribution < -0.4 is 21.5 Å². The Kier molecular flexibility index (Phi) is 8.54. The molecule has 2 fully saturated rings. The zero-order valence-electron chi connectivity index (χ0n) is 20.6. The summed E-state index contributed by atoms with van der Waals surface area (Å²) in [5.41, 5.74) is 9.60. The number of rotatable bonds is 6. The van der Waals surface area contributed by atoms with Gasteiger partial charge in [-0.1, -0.05) is 24.3 Å². The first kappa shape index (κ1) is 24.9. The lowest BCUT2D eigenvalue weighted by atomic mass is 10.0. The van der Waals surface area contributed by atoms with E-state index in [1.165, 1.54) is 0 Å². The van der Waals surface area contributed by atoms with Gasteiger partial charge in [0.15, 0.2) is 0 Å². The fourth-order valence-electron chi connectivity index (χ4n) is 4.09. The van der Waals surface area contributed by atoms with Gasteiger partial charge < -0.3 is 20.4 Å². The Bertz CT molecular complexity index is 886. The van der Waals surface area contributed by atoms with Crippen LogP contribution in [0.2, 0.25) is 0 Å². The normalized spacial score (nSPS) is 18.1. The monoisotopic (exact) mass is 480 g/mol. The molecule has 188 valence electrons. The van der Waals surface area contributed by atoms with Crippen molar-refractivity contribution in [2.45, 2.75) is 6.42 Å². The fraction of sp³-hybridized carbons (Fsp3) is 0.440.